The average molecular weight is 419 g/mol. The smallest absolute Gasteiger partial charge is 0.406 e. The molecule has 0 amide bonds. The van der Waals surface area contributed by atoms with E-state index in [1.54, 1.807) is 6.07 Å². The number of nitrogens with one attached hydrogen (secondary N) is 3. The van der Waals surface area contributed by atoms with Gasteiger partial charge in [0.1, 0.15) is 11.6 Å². The lowest BCUT2D eigenvalue weighted by Gasteiger charge is -2.11. The molecule has 0 fully saturated rings. The van der Waals surface area contributed by atoms with Crippen LogP contribution in [-0.4, -0.2) is 44.4 Å². The maximum Gasteiger partial charge on any atom is 0.573 e. The molecular weight excluding hydrogens is 399 g/mol. The molecule has 28 heavy (non-hydrogen) atoms. The van der Waals surface area contributed by atoms with Crippen LogP contribution in [0.25, 0.3) is 0 Å². The largest absolute Gasteiger partial charge is 0.573 e. The third-order valence-electron chi connectivity index (χ3n) is 3.28. The highest BCUT2D eigenvalue weighted by atomic mass is 32.2. The third kappa shape index (κ3) is 6.85. The Morgan fingerprint density at radius 2 is 1.75 bits per heavy atom. The Bertz CT molecular complexity index is 889. The maximum atomic E-state index is 12.2. The molecule has 8 nitrogen and oxygen atoms in total. The molecule has 1 aromatic carbocycles. The molecule has 1 aromatic heterocycles. The van der Waals surface area contributed by atoms with Crippen molar-refractivity contribution < 1.29 is 26.3 Å². The van der Waals surface area contributed by atoms with Crippen LogP contribution in [0.5, 0.6) is 5.75 Å². The number of halogens is 3. The zero-order valence-electron chi connectivity index (χ0n) is 15.2. The number of aromatic nitrogens is 2. The van der Waals surface area contributed by atoms with Crippen molar-refractivity contribution in [2.45, 2.75) is 25.1 Å². The number of anilines is 2. The quantitative estimate of drug-likeness (QED) is 0.537. The van der Waals surface area contributed by atoms with E-state index in [-0.39, 0.29) is 18.0 Å². The van der Waals surface area contributed by atoms with Crippen molar-refractivity contribution in [1.29, 1.82) is 0 Å². The van der Waals surface area contributed by atoms with E-state index in [9.17, 15) is 21.6 Å². The first kappa shape index (κ1) is 21.7. The van der Waals surface area contributed by atoms with E-state index in [1.165, 1.54) is 0 Å². The first-order chi connectivity index (χ1) is 13.1. The van der Waals surface area contributed by atoms with Gasteiger partial charge >= 0.3 is 6.36 Å². The van der Waals surface area contributed by atoms with E-state index in [1.807, 2.05) is 13.8 Å². The van der Waals surface area contributed by atoms with Gasteiger partial charge in [-0.05, 0) is 38.1 Å². The van der Waals surface area contributed by atoms with E-state index in [0.717, 1.165) is 30.0 Å². The van der Waals surface area contributed by atoms with Gasteiger partial charge in [-0.3, -0.25) is 0 Å². The van der Waals surface area contributed by atoms with Crippen molar-refractivity contribution in [3.8, 4) is 5.75 Å². The van der Waals surface area contributed by atoms with E-state index >= 15 is 0 Å². The summed E-state index contributed by atoms with van der Waals surface area (Å²) in [6.07, 6.45) is -4.84. The topological polar surface area (TPSA) is 105 Å². The number of ether oxygens (including phenoxy) is 1. The molecule has 0 atom stereocenters. The fourth-order valence-corrected chi connectivity index (χ4v) is 3.21. The summed E-state index contributed by atoms with van der Waals surface area (Å²) in [5.74, 6) is 0.504. The zero-order valence-corrected chi connectivity index (χ0v) is 16.0. The fraction of sp³-hybridized carbons (Fsp3) is 0.375. The zero-order chi connectivity index (χ0) is 20.8. The van der Waals surface area contributed by atoms with Gasteiger partial charge in [-0.25, -0.2) is 18.1 Å². The Labute approximate surface area is 160 Å². The molecule has 0 bridgehead atoms. The summed E-state index contributed by atoms with van der Waals surface area (Å²) < 4.78 is 66.9. The van der Waals surface area contributed by atoms with E-state index in [0.29, 0.717) is 18.3 Å². The summed E-state index contributed by atoms with van der Waals surface area (Å²) in [4.78, 5) is 8.26. The Morgan fingerprint density at radius 1 is 1.07 bits per heavy atom. The molecule has 0 unspecified atom stereocenters. The summed E-state index contributed by atoms with van der Waals surface area (Å²) in [6, 6.07) is 5.71. The Balaban J connectivity index is 1.90. The molecule has 154 valence electrons. The van der Waals surface area contributed by atoms with Crippen molar-refractivity contribution in [2.24, 2.45) is 0 Å². The van der Waals surface area contributed by atoms with Gasteiger partial charge in [-0.2, -0.15) is 4.98 Å². The van der Waals surface area contributed by atoms with Gasteiger partial charge < -0.3 is 15.4 Å². The van der Waals surface area contributed by atoms with Crippen molar-refractivity contribution in [3.05, 3.63) is 36.0 Å². The molecule has 0 spiro atoms. The van der Waals surface area contributed by atoms with E-state index < -0.39 is 22.1 Å². The lowest BCUT2D eigenvalue weighted by atomic mass is 10.3. The molecule has 2 aromatic rings. The van der Waals surface area contributed by atoms with Crippen LogP contribution in [0, 0.1) is 6.92 Å². The number of rotatable bonds is 9. The normalized spacial score (nSPS) is 11.9. The number of nitrogens with zero attached hydrogens (tertiary/aromatic N) is 2. The molecule has 0 saturated heterocycles. The lowest BCUT2D eigenvalue weighted by molar-refractivity contribution is -0.274. The summed E-state index contributed by atoms with van der Waals surface area (Å²) in [7, 11) is -3.88. The Hall–Kier alpha value is -2.60. The molecule has 0 saturated carbocycles. The predicted molar refractivity (Wildman–Crippen MR) is 97.7 cm³/mol. The van der Waals surface area contributed by atoms with Crippen LogP contribution in [0.3, 0.4) is 0 Å². The van der Waals surface area contributed by atoms with Crippen molar-refractivity contribution >= 4 is 21.8 Å². The molecule has 0 aliphatic carbocycles. The van der Waals surface area contributed by atoms with E-state index in [2.05, 4.69) is 30.1 Å². The molecule has 0 aliphatic heterocycles. The molecule has 3 N–H and O–H groups in total. The molecule has 12 heteroatoms. The van der Waals surface area contributed by atoms with Crippen molar-refractivity contribution in [1.82, 2.24) is 14.7 Å². The van der Waals surface area contributed by atoms with Crippen molar-refractivity contribution in [3.63, 3.8) is 0 Å². The second-order valence-corrected chi connectivity index (χ2v) is 7.36. The first-order valence-corrected chi connectivity index (χ1v) is 9.76. The molecule has 1 heterocycles. The second kappa shape index (κ2) is 9.06. The Kier molecular flexibility index (Phi) is 7.02. The van der Waals surface area contributed by atoms with Crippen LogP contribution < -0.4 is 20.1 Å². The third-order valence-corrected chi connectivity index (χ3v) is 4.76. The summed E-state index contributed by atoms with van der Waals surface area (Å²) in [6.45, 7) is 4.67. The first-order valence-electron chi connectivity index (χ1n) is 8.28. The van der Waals surface area contributed by atoms with Gasteiger partial charge in [-0.1, -0.05) is 0 Å². The number of aryl methyl sites for hydroxylation is 1. The van der Waals surface area contributed by atoms with Crippen LogP contribution in [0.4, 0.5) is 24.9 Å². The highest BCUT2D eigenvalue weighted by molar-refractivity contribution is 7.89. The van der Waals surface area contributed by atoms with Crippen molar-refractivity contribution in [2.75, 3.05) is 30.3 Å². The average Bonchev–Trinajstić information content (AvgIpc) is 2.58. The van der Waals surface area contributed by atoms with Crippen LogP contribution in [0.1, 0.15) is 12.6 Å². The molecule has 2 rings (SSSR count). The molecular formula is C16H20F3N5O3S. The number of hydrogen-bond donors (Lipinski definition) is 3. The van der Waals surface area contributed by atoms with Gasteiger partial charge in [0.2, 0.25) is 16.0 Å². The summed E-state index contributed by atoms with van der Waals surface area (Å²) >= 11 is 0. The SMILES string of the molecule is CCNc1cc(C)nc(NCCNS(=O)(=O)c2ccc(OC(F)(F)F)cc2)n1. The van der Waals surface area contributed by atoms with Gasteiger partial charge in [-0.15, -0.1) is 13.2 Å². The molecule has 0 radical (unpaired) electrons. The monoisotopic (exact) mass is 419 g/mol. The maximum absolute atomic E-state index is 12.2. The second-order valence-electron chi connectivity index (χ2n) is 5.59. The standard InChI is InChI=1S/C16H20F3N5O3S/c1-3-20-14-10-11(2)23-15(24-14)21-8-9-22-28(25,26)13-6-4-12(5-7-13)27-16(17,18)19/h4-7,10,22H,3,8-9H2,1-2H3,(H2,20,21,23,24). The van der Waals surface area contributed by atoms with Crippen LogP contribution >= 0.6 is 0 Å². The van der Waals surface area contributed by atoms with Crippen LogP contribution in [-0.2, 0) is 10.0 Å². The van der Waals surface area contributed by atoms with Crippen LogP contribution in [0.15, 0.2) is 35.2 Å². The van der Waals surface area contributed by atoms with Crippen LogP contribution in [0.2, 0.25) is 0 Å². The van der Waals surface area contributed by atoms with Gasteiger partial charge in [0.25, 0.3) is 0 Å². The van der Waals surface area contributed by atoms with Gasteiger partial charge in [0, 0.05) is 31.4 Å². The minimum absolute atomic E-state index is 0.0248. The predicted octanol–water partition coefficient (Wildman–Crippen LogP) is 2.51. The number of sulfonamides is 1. The highest BCUT2D eigenvalue weighted by Crippen LogP contribution is 2.23. The minimum Gasteiger partial charge on any atom is -0.406 e. The van der Waals surface area contributed by atoms with Gasteiger partial charge in [0.05, 0.1) is 4.90 Å². The minimum atomic E-state index is -4.84. The number of alkyl halides is 3. The Morgan fingerprint density at radius 3 is 2.36 bits per heavy atom. The van der Waals surface area contributed by atoms with E-state index in [4.69, 9.17) is 0 Å². The lowest BCUT2D eigenvalue weighted by Crippen LogP contribution is -2.29. The van der Waals surface area contributed by atoms with Gasteiger partial charge in [0.15, 0.2) is 0 Å². The number of hydrogen-bond acceptors (Lipinski definition) is 7. The highest BCUT2D eigenvalue weighted by Gasteiger charge is 2.31. The molecule has 0 aliphatic rings. The number of benzene rings is 1. The summed E-state index contributed by atoms with van der Waals surface area (Å²) in [5.41, 5.74) is 0.746. The fourth-order valence-electron chi connectivity index (χ4n) is 2.18. The summed E-state index contributed by atoms with van der Waals surface area (Å²) in [5, 5.41) is 5.97.